The average Bonchev–Trinajstić information content (AvgIpc) is 3.05. The van der Waals surface area contributed by atoms with Crippen LogP contribution in [0.2, 0.25) is 0 Å². The van der Waals surface area contributed by atoms with Crippen molar-refractivity contribution in [2.45, 2.75) is 33.2 Å². The number of nitrogens with zero attached hydrogens (tertiary/aromatic N) is 3. The molecule has 0 saturated carbocycles. The molecular formula is C19H29FIN5S. The van der Waals surface area contributed by atoms with Crippen molar-refractivity contribution in [1.82, 2.24) is 20.2 Å². The molecule has 0 spiro atoms. The van der Waals surface area contributed by atoms with Crippen LogP contribution in [0.25, 0.3) is 5.69 Å². The van der Waals surface area contributed by atoms with E-state index in [1.165, 1.54) is 12.2 Å². The molecule has 0 fully saturated rings. The smallest absolute Gasteiger partial charge is 0.191 e. The number of unbranched alkanes of at least 4 members (excludes halogenated alkanes) is 1. The Morgan fingerprint density at radius 1 is 1.30 bits per heavy atom. The number of benzene rings is 1. The van der Waals surface area contributed by atoms with Crippen molar-refractivity contribution in [2.75, 3.05) is 25.1 Å². The molecule has 2 N–H and O–H groups in total. The van der Waals surface area contributed by atoms with Gasteiger partial charge in [-0.15, -0.1) is 24.0 Å². The normalized spacial score (nSPS) is 11.2. The summed E-state index contributed by atoms with van der Waals surface area (Å²) in [6.45, 7) is 6.00. The van der Waals surface area contributed by atoms with Gasteiger partial charge in [0.25, 0.3) is 0 Å². The maximum absolute atomic E-state index is 14.5. The molecule has 0 aliphatic carbocycles. The van der Waals surface area contributed by atoms with Crippen molar-refractivity contribution in [3.8, 4) is 5.69 Å². The zero-order valence-corrected chi connectivity index (χ0v) is 19.3. The Kier molecular flexibility index (Phi) is 11.4. The van der Waals surface area contributed by atoms with Crippen LogP contribution < -0.4 is 10.6 Å². The Morgan fingerprint density at radius 2 is 2.11 bits per heavy atom. The van der Waals surface area contributed by atoms with Gasteiger partial charge in [0.1, 0.15) is 11.6 Å². The summed E-state index contributed by atoms with van der Waals surface area (Å²) < 4.78 is 16.2. The number of rotatable bonds is 9. The summed E-state index contributed by atoms with van der Waals surface area (Å²) in [4.78, 5) is 8.70. The minimum absolute atomic E-state index is 0. The predicted octanol–water partition coefficient (Wildman–Crippen LogP) is 4.14. The fourth-order valence-electron chi connectivity index (χ4n) is 2.57. The molecule has 0 bridgehead atoms. The molecule has 0 unspecified atom stereocenters. The molecule has 0 radical (unpaired) electrons. The number of thioether (sulfide) groups is 1. The first-order valence-corrected chi connectivity index (χ1v) is 10.3. The highest BCUT2D eigenvalue weighted by atomic mass is 127. The molecule has 0 amide bonds. The van der Waals surface area contributed by atoms with E-state index in [9.17, 15) is 4.39 Å². The summed E-state index contributed by atoms with van der Waals surface area (Å²) in [6, 6.07) is 5.22. The van der Waals surface area contributed by atoms with E-state index in [-0.39, 0.29) is 29.8 Å². The van der Waals surface area contributed by atoms with Gasteiger partial charge in [0.05, 0.1) is 12.2 Å². The van der Waals surface area contributed by atoms with Crippen molar-refractivity contribution >= 4 is 41.7 Å². The van der Waals surface area contributed by atoms with E-state index in [4.69, 9.17) is 0 Å². The summed E-state index contributed by atoms with van der Waals surface area (Å²) in [6.07, 6.45) is 7.85. The van der Waals surface area contributed by atoms with Gasteiger partial charge in [0.2, 0.25) is 0 Å². The van der Waals surface area contributed by atoms with Crippen LogP contribution in [0.15, 0.2) is 35.6 Å². The highest BCUT2D eigenvalue weighted by molar-refractivity contribution is 14.0. The molecule has 27 heavy (non-hydrogen) atoms. The van der Waals surface area contributed by atoms with Gasteiger partial charge in [0.15, 0.2) is 5.96 Å². The van der Waals surface area contributed by atoms with E-state index < -0.39 is 0 Å². The van der Waals surface area contributed by atoms with Gasteiger partial charge in [0, 0.05) is 25.5 Å². The van der Waals surface area contributed by atoms with Crippen molar-refractivity contribution in [2.24, 2.45) is 4.99 Å². The third-order valence-corrected chi connectivity index (χ3v) is 4.63. The van der Waals surface area contributed by atoms with Gasteiger partial charge < -0.3 is 15.2 Å². The van der Waals surface area contributed by atoms with E-state index in [0.717, 1.165) is 36.9 Å². The van der Waals surface area contributed by atoms with Gasteiger partial charge >= 0.3 is 0 Å². The second kappa shape index (κ2) is 13.0. The van der Waals surface area contributed by atoms with E-state index in [1.54, 1.807) is 29.1 Å². The molecule has 1 heterocycles. The summed E-state index contributed by atoms with van der Waals surface area (Å²) in [5.41, 5.74) is 1.34. The lowest BCUT2D eigenvalue weighted by Crippen LogP contribution is -2.37. The summed E-state index contributed by atoms with van der Waals surface area (Å²) >= 11 is 1.87. The number of aryl methyl sites for hydroxylation is 1. The number of hydrogen-bond donors (Lipinski definition) is 2. The van der Waals surface area contributed by atoms with Crippen LogP contribution in [-0.2, 0) is 6.54 Å². The lowest BCUT2D eigenvalue weighted by atomic mass is 10.2. The van der Waals surface area contributed by atoms with E-state index >= 15 is 0 Å². The molecular weight excluding hydrogens is 476 g/mol. The standard InChI is InChI=1S/C19H28FN5S.HI/c1-4-21-19(23-9-5-6-12-26-3)24-14-16-7-8-18(17(20)13-16)25-11-10-22-15(25)2;/h7-8,10-11,13H,4-6,9,12,14H2,1-3H3,(H2,21,23,24);1H. The molecule has 0 aliphatic heterocycles. The van der Waals surface area contributed by atoms with Crippen LogP contribution in [0.4, 0.5) is 4.39 Å². The van der Waals surface area contributed by atoms with Crippen LogP contribution in [0.3, 0.4) is 0 Å². The fraction of sp³-hybridized carbons (Fsp3) is 0.474. The molecule has 2 aromatic rings. The number of aliphatic imine (C=N–C) groups is 1. The van der Waals surface area contributed by atoms with Crippen molar-refractivity contribution in [3.63, 3.8) is 0 Å². The minimum Gasteiger partial charge on any atom is -0.357 e. The van der Waals surface area contributed by atoms with Crippen LogP contribution in [0.1, 0.15) is 31.2 Å². The number of hydrogen-bond acceptors (Lipinski definition) is 3. The second-order valence-electron chi connectivity index (χ2n) is 5.95. The van der Waals surface area contributed by atoms with E-state index in [1.807, 2.05) is 31.7 Å². The fourth-order valence-corrected chi connectivity index (χ4v) is 3.06. The third-order valence-electron chi connectivity index (χ3n) is 3.93. The SMILES string of the molecule is CCNC(=NCc1ccc(-n2ccnc2C)c(F)c1)NCCCCSC.I. The number of aromatic nitrogens is 2. The van der Waals surface area contributed by atoms with Gasteiger partial charge in [-0.25, -0.2) is 14.4 Å². The Hall–Kier alpha value is -1.29. The molecule has 5 nitrogen and oxygen atoms in total. The lowest BCUT2D eigenvalue weighted by Gasteiger charge is -2.12. The number of imidazole rings is 1. The second-order valence-corrected chi connectivity index (χ2v) is 6.94. The number of halogens is 2. The molecule has 0 aliphatic rings. The number of nitrogens with one attached hydrogen (secondary N) is 2. The average molecular weight is 505 g/mol. The topological polar surface area (TPSA) is 54.2 Å². The van der Waals surface area contributed by atoms with Crippen LogP contribution in [0, 0.1) is 12.7 Å². The van der Waals surface area contributed by atoms with Gasteiger partial charge in [-0.2, -0.15) is 11.8 Å². The summed E-state index contributed by atoms with van der Waals surface area (Å²) in [5, 5.41) is 6.56. The van der Waals surface area contributed by atoms with Gasteiger partial charge in [-0.1, -0.05) is 6.07 Å². The highest BCUT2D eigenvalue weighted by Crippen LogP contribution is 2.17. The van der Waals surface area contributed by atoms with Crippen LogP contribution >= 0.6 is 35.7 Å². The first-order valence-electron chi connectivity index (χ1n) is 8.95. The van der Waals surface area contributed by atoms with E-state index in [2.05, 4.69) is 26.9 Å². The molecule has 8 heteroatoms. The minimum atomic E-state index is -0.270. The van der Waals surface area contributed by atoms with Crippen molar-refractivity contribution in [3.05, 3.63) is 47.8 Å². The molecule has 2 rings (SSSR count). The Labute approximate surface area is 182 Å². The van der Waals surface area contributed by atoms with Gasteiger partial charge in [-0.3, -0.25) is 0 Å². The van der Waals surface area contributed by atoms with Gasteiger partial charge in [-0.05, 0) is 56.4 Å². The Bertz CT molecular complexity index is 720. The highest BCUT2D eigenvalue weighted by Gasteiger charge is 2.08. The number of guanidine groups is 1. The van der Waals surface area contributed by atoms with Crippen molar-refractivity contribution < 1.29 is 4.39 Å². The monoisotopic (exact) mass is 505 g/mol. The largest absolute Gasteiger partial charge is 0.357 e. The maximum atomic E-state index is 14.5. The predicted molar refractivity (Wildman–Crippen MR) is 124 cm³/mol. The first kappa shape index (κ1) is 23.7. The molecule has 1 aromatic heterocycles. The quantitative estimate of drug-likeness (QED) is 0.233. The lowest BCUT2D eigenvalue weighted by molar-refractivity contribution is 0.614. The van der Waals surface area contributed by atoms with E-state index in [0.29, 0.717) is 12.2 Å². The molecule has 0 atom stereocenters. The van der Waals surface area contributed by atoms with Crippen LogP contribution in [-0.4, -0.2) is 40.6 Å². The zero-order chi connectivity index (χ0) is 18.8. The summed E-state index contributed by atoms with van der Waals surface area (Å²) in [5.74, 6) is 2.44. The molecule has 150 valence electrons. The third kappa shape index (κ3) is 7.69. The zero-order valence-electron chi connectivity index (χ0n) is 16.2. The molecule has 1 aromatic carbocycles. The van der Waals surface area contributed by atoms with Crippen molar-refractivity contribution in [1.29, 1.82) is 0 Å². The van der Waals surface area contributed by atoms with Crippen LogP contribution in [0.5, 0.6) is 0 Å². The maximum Gasteiger partial charge on any atom is 0.191 e. The first-order chi connectivity index (χ1) is 12.7. The summed E-state index contributed by atoms with van der Waals surface area (Å²) in [7, 11) is 0. The Morgan fingerprint density at radius 3 is 2.74 bits per heavy atom. The Balaban J connectivity index is 0.00000364. The molecule has 0 saturated heterocycles.